The highest BCUT2D eigenvalue weighted by Crippen LogP contribution is 2.34. The monoisotopic (exact) mass is 342 g/mol. The molecule has 0 saturated heterocycles. The molecule has 0 spiro atoms. The van der Waals surface area contributed by atoms with Gasteiger partial charge in [-0.2, -0.15) is 0 Å². The second kappa shape index (κ2) is 6.35. The van der Waals surface area contributed by atoms with E-state index in [1.54, 1.807) is 31.3 Å². The summed E-state index contributed by atoms with van der Waals surface area (Å²) in [4.78, 5) is 38.7. The fourth-order valence-corrected chi connectivity index (χ4v) is 3.79. The molecule has 2 aromatic rings. The minimum Gasteiger partial charge on any atom is -0.479 e. The van der Waals surface area contributed by atoms with E-state index in [9.17, 15) is 19.5 Å². The molecule has 6 nitrogen and oxygen atoms in total. The highest BCUT2D eigenvalue weighted by molar-refractivity contribution is 6.07. The molecule has 132 valence electrons. The van der Waals surface area contributed by atoms with Crippen LogP contribution in [-0.4, -0.2) is 39.0 Å². The van der Waals surface area contributed by atoms with E-state index in [2.05, 4.69) is 0 Å². The minimum absolute atomic E-state index is 0.257. The molecule has 3 rings (SSSR count). The first-order valence-corrected chi connectivity index (χ1v) is 8.49. The highest BCUT2D eigenvalue weighted by atomic mass is 16.4. The summed E-state index contributed by atoms with van der Waals surface area (Å²) in [5.74, 6) is -1.39. The molecular formula is C19H22N2O4. The van der Waals surface area contributed by atoms with Crippen molar-refractivity contribution in [3.63, 3.8) is 0 Å². The maximum atomic E-state index is 13.1. The first-order valence-electron chi connectivity index (χ1n) is 8.49. The molecule has 1 amide bonds. The number of aliphatic carboxylic acids is 1. The van der Waals surface area contributed by atoms with Gasteiger partial charge in [0.2, 0.25) is 0 Å². The van der Waals surface area contributed by atoms with Crippen LogP contribution in [0.1, 0.15) is 42.5 Å². The third-order valence-corrected chi connectivity index (χ3v) is 5.41. The number of aromatic nitrogens is 1. The van der Waals surface area contributed by atoms with E-state index in [1.165, 1.54) is 22.6 Å². The zero-order valence-electron chi connectivity index (χ0n) is 14.5. The number of hydrogen-bond acceptors (Lipinski definition) is 3. The third kappa shape index (κ3) is 2.71. The number of carboxylic acid groups (broad SMARTS) is 1. The summed E-state index contributed by atoms with van der Waals surface area (Å²) in [6.07, 6.45) is 3.41. The Kier molecular flexibility index (Phi) is 4.37. The summed E-state index contributed by atoms with van der Waals surface area (Å²) >= 11 is 0. The highest BCUT2D eigenvalue weighted by Gasteiger charge is 2.45. The maximum absolute atomic E-state index is 13.1. The van der Waals surface area contributed by atoms with Gasteiger partial charge < -0.3 is 14.6 Å². The molecule has 1 heterocycles. The van der Waals surface area contributed by atoms with Crippen LogP contribution in [0.2, 0.25) is 0 Å². The largest absolute Gasteiger partial charge is 0.479 e. The number of pyridine rings is 1. The number of amides is 1. The second-order valence-corrected chi connectivity index (χ2v) is 6.73. The van der Waals surface area contributed by atoms with Gasteiger partial charge in [0.15, 0.2) is 0 Å². The summed E-state index contributed by atoms with van der Waals surface area (Å²) in [7, 11) is 3.19. The Morgan fingerprint density at radius 3 is 2.44 bits per heavy atom. The second-order valence-electron chi connectivity index (χ2n) is 6.73. The SMILES string of the molecule is CN(C(=O)c1cc(=O)n(C)c2ccccc12)C1(C(=O)O)CCCCC1. The molecule has 0 aliphatic heterocycles. The van der Waals surface area contributed by atoms with Gasteiger partial charge in [0.25, 0.3) is 11.5 Å². The number of aryl methyl sites for hydroxylation is 1. The number of fused-ring (bicyclic) bond motifs is 1. The Morgan fingerprint density at radius 2 is 1.80 bits per heavy atom. The topological polar surface area (TPSA) is 79.6 Å². The van der Waals surface area contributed by atoms with Crippen LogP contribution < -0.4 is 5.56 Å². The number of rotatable bonds is 3. The Hall–Kier alpha value is -2.63. The van der Waals surface area contributed by atoms with Crippen LogP contribution in [0, 0.1) is 0 Å². The van der Waals surface area contributed by atoms with Gasteiger partial charge in [-0.1, -0.05) is 37.5 Å². The van der Waals surface area contributed by atoms with E-state index in [4.69, 9.17) is 0 Å². The molecule has 0 radical (unpaired) electrons. The van der Waals surface area contributed by atoms with Crippen LogP contribution >= 0.6 is 0 Å². The summed E-state index contributed by atoms with van der Waals surface area (Å²) < 4.78 is 1.49. The molecule has 1 saturated carbocycles. The standard InChI is InChI=1S/C19H22N2O4/c1-20-15-9-5-4-8-13(15)14(12-16(20)22)17(23)21(2)19(18(24)25)10-6-3-7-11-19/h4-5,8-9,12H,3,6-7,10-11H2,1-2H3,(H,24,25). The molecule has 1 aliphatic carbocycles. The van der Waals surface area contributed by atoms with Crippen molar-refractivity contribution in [2.24, 2.45) is 7.05 Å². The number of carbonyl (C=O) groups excluding carboxylic acids is 1. The van der Waals surface area contributed by atoms with Crippen LogP contribution in [0.25, 0.3) is 10.9 Å². The van der Waals surface area contributed by atoms with E-state index in [0.29, 0.717) is 23.7 Å². The van der Waals surface area contributed by atoms with E-state index in [-0.39, 0.29) is 11.1 Å². The van der Waals surface area contributed by atoms with Crippen molar-refractivity contribution in [1.29, 1.82) is 0 Å². The fourth-order valence-electron chi connectivity index (χ4n) is 3.79. The average Bonchev–Trinajstić information content (AvgIpc) is 2.64. The zero-order chi connectivity index (χ0) is 18.2. The van der Waals surface area contributed by atoms with Crippen molar-refractivity contribution in [2.45, 2.75) is 37.6 Å². The van der Waals surface area contributed by atoms with Crippen molar-refractivity contribution in [1.82, 2.24) is 9.47 Å². The van der Waals surface area contributed by atoms with Crippen molar-refractivity contribution in [3.05, 3.63) is 46.2 Å². The molecule has 0 bridgehead atoms. The lowest BCUT2D eigenvalue weighted by Crippen LogP contribution is -2.56. The number of carboxylic acids is 1. The first-order chi connectivity index (χ1) is 11.9. The number of carbonyl (C=O) groups is 2. The number of benzene rings is 1. The maximum Gasteiger partial charge on any atom is 0.329 e. The summed E-state index contributed by atoms with van der Waals surface area (Å²) in [5.41, 5.74) is -0.576. The van der Waals surface area contributed by atoms with Crippen LogP contribution in [0.15, 0.2) is 35.1 Å². The molecule has 6 heteroatoms. The van der Waals surface area contributed by atoms with E-state index >= 15 is 0 Å². The molecular weight excluding hydrogens is 320 g/mol. The molecule has 0 unspecified atom stereocenters. The van der Waals surface area contributed by atoms with Gasteiger partial charge in [-0.05, 0) is 18.9 Å². The first kappa shape index (κ1) is 17.2. The molecule has 1 aromatic heterocycles. The molecule has 1 aromatic carbocycles. The Bertz CT molecular complexity index is 894. The van der Waals surface area contributed by atoms with Crippen LogP contribution in [0.3, 0.4) is 0 Å². The van der Waals surface area contributed by atoms with Crippen LogP contribution in [0.4, 0.5) is 0 Å². The average molecular weight is 342 g/mol. The number of para-hydroxylation sites is 1. The lowest BCUT2D eigenvalue weighted by atomic mass is 9.80. The number of likely N-dealkylation sites (N-methyl/N-ethyl adjacent to an activating group) is 1. The molecule has 0 atom stereocenters. The summed E-state index contributed by atoms with van der Waals surface area (Å²) in [6, 6.07) is 8.47. The quantitative estimate of drug-likeness (QED) is 0.929. The van der Waals surface area contributed by atoms with Gasteiger partial charge in [0.1, 0.15) is 5.54 Å². The minimum atomic E-state index is -1.20. The van der Waals surface area contributed by atoms with Gasteiger partial charge in [-0.3, -0.25) is 9.59 Å². The zero-order valence-corrected chi connectivity index (χ0v) is 14.5. The summed E-state index contributed by atoms with van der Waals surface area (Å²) in [6.45, 7) is 0. The molecule has 25 heavy (non-hydrogen) atoms. The third-order valence-electron chi connectivity index (χ3n) is 5.41. The lowest BCUT2D eigenvalue weighted by Gasteiger charge is -2.41. The molecule has 1 aliphatic rings. The smallest absolute Gasteiger partial charge is 0.329 e. The van der Waals surface area contributed by atoms with Gasteiger partial charge >= 0.3 is 5.97 Å². The van der Waals surface area contributed by atoms with Crippen LogP contribution in [0.5, 0.6) is 0 Å². The van der Waals surface area contributed by atoms with E-state index in [1.807, 2.05) is 0 Å². The van der Waals surface area contributed by atoms with Crippen molar-refractivity contribution in [2.75, 3.05) is 7.05 Å². The fraction of sp³-hybridized carbons (Fsp3) is 0.421. The van der Waals surface area contributed by atoms with E-state index in [0.717, 1.165) is 19.3 Å². The predicted octanol–water partition coefficient (Wildman–Crippen LogP) is 2.40. The predicted molar refractivity (Wildman–Crippen MR) is 94.7 cm³/mol. The Labute approximate surface area is 145 Å². The number of nitrogens with zero attached hydrogens (tertiary/aromatic N) is 2. The Morgan fingerprint density at radius 1 is 1.16 bits per heavy atom. The molecule has 1 fully saturated rings. The van der Waals surface area contributed by atoms with Crippen molar-refractivity contribution in [3.8, 4) is 0 Å². The van der Waals surface area contributed by atoms with Gasteiger partial charge in [-0.15, -0.1) is 0 Å². The number of hydrogen-bond donors (Lipinski definition) is 1. The van der Waals surface area contributed by atoms with E-state index < -0.39 is 17.4 Å². The van der Waals surface area contributed by atoms with Crippen molar-refractivity contribution < 1.29 is 14.7 Å². The van der Waals surface area contributed by atoms with Gasteiger partial charge in [-0.25, -0.2) is 4.79 Å². The normalized spacial score (nSPS) is 16.6. The Balaban J connectivity index is 2.12. The van der Waals surface area contributed by atoms with Crippen molar-refractivity contribution >= 4 is 22.8 Å². The summed E-state index contributed by atoms with van der Waals surface area (Å²) in [5, 5.41) is 10.5. The van der Waals surface area contributed by atoms with Gasteiger partial charge in [0.05, 0.1) is 11.1 Å². The van der Waals surface area contributed by atoms with Gasteiger partial charge in [0, 0.05) is 25.5 Å². The van der Waals surface area contributed by atoms with Crippen LogP contribution in [-0.2, 0) is 11.8 Å². The lowest BCUT2D eigenvalue weighted by molar-refractivity contribution is -0.151. The molecule has 1 N–H and O–H groups in total.